The topological polar surface area (TPSA) is 59.5 Å². The molecule has 0 saturated heterocycles. The molecule has 3 heterocycles. The van der Waals surface area contributed by atoms with E-state index in [-0.39, 0.29) is 11.3 Å². The molecule has 0 atom stereocenters. The van der Waals surface area contributed by atoms with Gasteiger partial charge >= 0.3 is 6.18 Å². The van der Waals surface area contributed by atoms with Crippen LogP contribution in [0.3, 0.4) is 0 Å². The number of benzene rings is 1. The number of fused-ring (bicyclic) bond motifs is 2. The highest BCUT2D eigenvalue weighted by atomic mass is 19.4. The maximum Gasteiger partial charge on any atom is 0.417 e. The number of alkyl halides is 3. The van der Waals surface area contributed by atoms with Crippen molar-refractivity contribution in [2.45, 2.75) is 6.18 Å². The Morgan fingerprint density at radius 1 is 1.08 bits per heavy atom. The Balaban J connectivity index is 1.89. The van der Waals surface area contributed by atoms with Crippen molar-refractivity contribution in [1.29, 1.82) is 5.26 Å². The number of imidazole rings is 1. The molecule has 2 aromatic heterocycles. The van der Waals surface area contributed by atoms with Crippen molar-refractivity contribution >= 4 is 5.65 Å². The second kappa shape index (κ2) is 5.41. The quantitative estimate of drug-likeness (QED) is 0.675. The molecule has 0 fully saturated rings. The van der Waals surface area contributed by atoms with Crippen LogP contribution in [0.1, 0.15) is 11.3 Å². The minimum absolute atomic E-state index is 0.0257. The molecule has 0 amide bonds. The molecule has 25 heavy (non-hydrogen) atoms. The van der Waals surface area contributed by atoms with E-state index in [0.717, 1.165) is 16.7 Å². The van der Waals surface area contributed by atoms with Crippen LogP contribution in [0, 0.1) is 11.3 Å². The van der Waals surface area contributed by atoms with Gasteiger partial charge in [-0.05, 0) is 30.3 Å². The third-order valence-electron chi connectivity index (χ3n) is 3.87. The van der Waals surface area contributed by atoms with Gasteiger partial charge in [-0.15, -0.1) is 0 Å². The summed E-state index contributed by atoms with van der Waals surface area (Å²) < 4.78 is 50.9. The van der Waals surface area contributed by atoms with Gasteiger partial charge < -0.3 is 9.47 Å². The summed E-state index contributed by atoms with van der Waals surface area (Å²) in [6, 6.07) is 9.17. The van der Waals surface area contributed by atoms with Crippen LogP contribution in [0.2, 0.25) is 0 Å². The Morgan fingerprint density at radius 3 is 2.56 bits per heavy atom. The van der Waals surface area contributed by atoms with Gasteiger partial charge in [-0.2, -0.15) is 18.4 Å². The maximum atomic E-state index is 12.9. The lowest BCUT2D eigenvalue weighted by Gasteiger charge is -2.18. The van der Waals surface area contributed by atoms with Gasteiger partial charge in [0, 0.05) is 11.8 Å². The van der Waals surface area contributed by atoms with Crippen LogP contribution < -0.4 is 9.47 Å². The van der Waals surface area contributed by atoms with Crippen LogP contribution >= 0.6 is 0 Å². The predicted octanol–water partition coefficient (Wildman–Crippen LogP) is 3.66. The molecule has 3 aromatic rings. The molecule has 5 nitrogen and oxygen atoms in total. The third-order valence-corrected chi connectivity index (χ3v) is 3.87. The second-order valence-corrected chi connectivity index (χ2v) is 5.42. The van der Waals surface area contributed by atoms with Gasteiger partial charge in [-0.3, -0.25) is 4.40 Å². The summed E-state index contributed by atoms with van der Waals surface area (Å²) in [6.07, 6.45) is -3.62. The fraction of sp³-hybridized carbons (Fsp3) is 0.176. The molecule has 0 unspecified atom stereocenters. The van der Waals surface area contributed by atoms with E-state index in [1.165, 1.54) is 6.07 Å². The standard InChI is InChI=1S/C17H10F3N3O2/c18-17(19,20)11-2-4-15-22-16(12(8-21)23(15)9-11)10-1-3-13-14(7-10)25-6-5-24-13/h1-4,7,9H,5-6H2. The molecular formula is C17H10F3N3O2. The molecule has 0 radical (unpaired) electrons. The maximum absolute atomic E-state index is 12.9. The molecule has 0 bridgehead atoms. The normalized spacial score (nSPS) is 13.7. The highest BCUT2D eigenvalue weighted by Crippen LogP contribution is 2.36. The van der Waals surface area contributed by atoms with Crippen LogP contribution in [0.4, 0.5) is 13.2 Å². The number of pyridine rings is 1. The number of aromatic nitrogens is 2. The van der Waals surface area contributed by atoms with Crippen LogP contribution in [0.25, 0.3) is 16.9 Å². The number of halogens is 3. The third kappa shape index (κ3) is 2.54. The van der Waals surface area contributed by atoms with Gasteiger partial charge in [0.2, 0.25) is 0 Å². The SMILES string of the molecule is N#Cc1c(-c2ccc3c(c2)OCCO3)nc2ccc(C(F)(F)F)cn12. The number of hydrogen-bond acceptors (Lipinski definition) is 4. The molecule has 0 saturated carbocycles. The highest BCUT2D eigenvalue weighted by molar-refractivity contribution is 5.72. The zero-order valence-corrected chi connectivity index (χ0v) is 12.7. The minimum Gasteiger partial charge on any atom is -0.486 e. The Bertz CT molecular complexity index is 1020. The Labute approximate surface area is 139 Å². The van der Waals surface area contributed by atoms with E-state index in [9.17, 15) is 18.4 Å². The van der Waals surface area contributed by atoms with Gasteiger partial charge in [0.05, 0.1) is 5.56 Å². The van der Waals surface area contributed by atoms with Gasteiger partial charge in [0.25, 0.3) is 0 Å². The first-order chi connectivity index (χ1) is 12.0. The molecule has 8 heteroatoms. The van der Waals surface area contributed by atoms with Crippen molar-refractivity contribution < 1.29 is 22.6 Å². The lowest BCUT2D eigenvalue weighted by Crippen LogP contribution is -2.15. The monoisotopic (exact) mass is 345 g/mol. The van der Waals surface area contributed by atoms with Crippen molar-refractivity contribution in [2.24, 2.45) is 0 Å². The summed E-state index contributed by atoms with van der Waals surface area (Å²) >= 11 is 0. The first kappa shape index (κ1) is 15.3. The lowest BCUT2D eigenvalue weighted by atomic mass is 10.1. The zero-order chi connectivity index (χ0) is 17.6. The van der Waals surface area contributed by atoms with E-state index in [4.69, 9.17) is 9.47 Å². The summed E-state index contributed by atoms with van der Waals surface area (Å²) in [6.45, 7) is 0.853. The number of rotatable bonds is 1. The number of nitriles is 1. The van der Waals surface area contributed by atoms with Gasteiger partial charge in [-0.25, -0.2) is 4.98 Å². The van der Waals surface area contributed by atoms with Crippen molar-refractivity contribution in [1.82, 2.24) is 9.38 Å². The number of ether oxygens (including phenoxy) is 2. The van der Waals surface area contributed by atoms with Crippen LogP contribution in [0.15, 0.2) is 36.5 Å². The van der Waals surface area contributed by atoms with E-state index in [1.54, 1.807) is 18.2 Å². The Hall–Kier alpha value is -3.21. The number of hydrogen-bond donors (Lipinski definition) is 0. The van der Waals surface area contributed by atoms with Crippen LogP contribution in [-0.4, -0.2) is 22.6 Å². The lowest BCUT2D eigenvalue weighted by molar-refractivity contribution is -0.137. The average Bonchev–Trinajstić information content (AvgIpc) is 2.98. The van der Waals surface area contributed by atoms with Crippen molar-refractivity contribution in [3.63, 3.8) is 0 Å². The molecule has 1 aliphatic heterocycles. The number of nitrogens with zero attached hydrogens (tertiary/aromatic N) is 3. The minimum atomic E-state index is -4.50. The van der Waals surface area contributed by atoms with E-state index in [0.29, 0.717) is 36.0 Å². The van der Waals surface area contributed by atoms with Gasteiger partial charge in [0.15, 0.2) is 17.2 Å². The van der Waals surface area contributed by atoms with Gasteiger partial charge in [0.1, 0.15) is 30.6 Å². The summed E-state index contributed by atoms with van der Waals surface area (Å²) in [5.74, 6) is 1.09. The molecule has 126 valence electrons. The highest BCUT2D eigenvalue weighted by Gasteiger charge is 2.31. The molecule has 0 N–H and O–H groups in total. The first-order valence-corrected chi connectivity index (χ1v) is 7.37. The molecule has 4 rings (SSSR count). The molecule has 0 spiro atoms. The van der Waals surface area contributed by atoms with Crippen LogP contribution in [0.5, 0.6) is 11.5 Å². The summed E-state index contributed by atoms with van der Waals surface area (Å²) in [5.41, 5.74) is 0.298. The Kier molecular flexibility index (Phi) is 3.32. The zero-order valence-electron chi connectivity index (χ0n) is 12.7. The molecular weight excluding hydrogens is 335 g/mol. The fourth-order valence-electron chi connectivity index (χ4n) is 2.71. The fourth-order valence-corrected chi connectivity index (χ4v) is 2.71. The van der Waals surface area contributed by atoms with E-state index in [2.05, 4.69) is 4.98 Å². The predicted molar refractivity (Wildman–Crippen MR) is 81.3 cm³/mol. The summed E-state index contributed by atoms with van der Waals surface area (Å²) in [4.78, 5) is 4.30. The van der Waals surface area contributed by atoms with E-state index in [1.807, 2.05) is 6.07 Å². The van der Waals surface area contributed by atoms with Crippen molar-refractivity contribution in [3.8, 4) is 28.8 Å². The Morgan fingerprint density at radius 2 is 1.84 bits per heavy atom. The van der Waals surface area contributed by atoms with Crippen LogP contribution in [-0.2, 0) is 6.18 Å². The van der Waals surface area contributed by atoms with Crippen molar-refractivity contribution in [2.75, 3.05) is 13.2 Å². The molecule has 1 aromatic carbocycles. The molecule has 1 aliphatic rings. The van der Waals surface area contributed by atoms with E-state index < -0.39 is 11.7 Å². The smallest absolute Gasteiger partial charge is 0.417 e. The molecule has 0 aliphatic carbocycles. The van der Waals surface area contributed by atoms with Crippen molar-refractivity contribution in [3.05, 3.63) is 47.8 Å². The average molecular weight is 345 g/mol. The summed E-state index contributed by atoms with van der Waals surface area (Å²) in [7, 11) is 0. The summed E-state index contributed by atoms with van der Waals surface area (Å²) in [5, 5.41) is 9.45. The first-order valence-electron chi connectivity index (χ1n) is 7.37. The second-order valence-electron chi connectivity index (χ2n) is 5.42. The largest absolute Gasteiger partial charge is 0.486 e. The van der Waals surface area contributed by atoms with E-state index >= 15 is 0 Å². The van der Waals surface area contributed by atoms with Gasteiger partial charge in [-0.1, -0.05) is 0 Å².